The lowest BCUT2D eigenvalue weighted by molar-refractivity contribution is 0.201. The molecule has 0 saturated carbocycles. The van der Waals surface area contributed by atoms with Crippen molar-refractivity contribution in [1.29, 1.82) is 0 Å². The molecule has 0 aromatic heterocycles. The molecule has 112 valence electrons. The van der Waals surface area contributed by atoms with Crippen molar-refractivity contribution in [3.63, 3.8) is 0 Å². The molecule has 0 amide bonds. The van der Waals surface area contributed by atoms with E-state index in [9.17, 15) is 0 Å². The number of nitrogens with one attached hydrogen (secondary N) is 1. The Hall–Kier alpha value is -0.120. The van der Waals surface area contributed by atoms with Gasteiger partial charge in [-0.15, -0.1) is 0 Å². The summed E-state index contributed by atoms with van der Waals surface area (Å²) in [6.07, 6.45) is 6.72. The van der Waals surface area contributed by atoms with Crippen LogP contribution >= 0.6 is 0 Å². The van der Waals surface area contributed by atoms with Crippen LogP contribution in [0.5, 0.6) is 0 Å². The van der Waals surface area contributed by atoms with Crippen molar-refractivity contribution in [3.05, 3.63) is 0 Å². The quantitative estimate of drug-likeness (QED) is 0.764. The molecule has 3 nitrogen and oxygen atoms in total. The van der Waals surface area contributed by atoms with Crippen LogP contribution in [0, 0.1) is 0 Å². The molecule has 2 heterocycles. The standard InChI is InChI=1S/C16H33N3/c1-4-15(5-2)17-12-14(3)19-11-8-16(13-19)18-9-6-7-10-18/h14-17H,4-13H2,1-3H3. The van der Waals surface area contributed by atoms with Crippen LogP contribution in [0.2, 0.25) is 0 Å². The third-order valence-corrected chi connectivity index (χ3v) is 5.16. The smallest absolute Gasteiger partial charge is 0.0235 e. The summed E-state index contributed by atoms with van der Waals surface area (Å²) in [5, 5.41) is 3.72. The third kappa shape index (κ3) is 4.17. The van der Waals surface area contributed by atoms with Crippen LogP contribution in [-0.2, 0) is 0 Å². The molecule has 0 radical (unpaired) electrons. The zero-order valence-electron chi connectivity index (χ0n) is 13.2. The largest absolute Gasteiger partial charge is 0.312 e. The van der Waals surface area contributed by atoms with E-state index in [1.54, 1.807) is 0 Å². The van der Waals surface area contributed by atoms with Gasteiger partial charge in [-0.3, -0.25) is 9.80 Å². The summed E-state index contributed by atoms with van der Waals surface area (Å²) in [6.45, 7) is 13.4. The molecule has 2 saturated heterocycles. The molecule has 0 spiro atoms. The molecular weight excluding hydrogens is 234 g/mol. The van der Waals surface area contributed by atoms with Gasteiger partial charge in [0, 0.05) is 37.8 Å². The minimum atomic E-state index is 0.688. The zero-order valence-corrected chi connectivity index (χ0v) is 13.2. The maximum Gasteiger partial charge on any atom is 0.0235 e. The molecule has 1 N–H and O–H groups in total. The van der Waals surface area contributed by atoms with Crippen LogP contribution in [0.25, 0.3) is 0 Å². The van der Waals surface area contributed by atoms with Crippen LogP contribution < -0.4 is 5.32 Å². The Balaban J connectivity index is 1.70. The highest BCUT2D eigenvalue weighted by molar-refractivity contribution is 4.88. The van der Waals surface area contributed by atoms with Crippen molar-refractivity contribution in [2.45, 2.75) is 71.0 Å². The second-order valence-electron chi connectivity index (χ2n) is 6.45. The van der Waals surface area contributed by atoms with Crippen molar-refractivity contribution in [2.75, 3.05) is 32.7 Å². The van der Waals surface area contributed by atoms with Gasteiger partial charge in [0.15, 0.2) is 0 Å². The number of rotatable bonds is 7. The summed E-state index contributed by atoms with van der Waals surface area (Å²) >= 11 is 0. The number of hydrogen-bond acceptors (Lipinski definition) is 3. The maximum absolute atomic E-state index is 3.72. The second kappa shape index (κ2) is 7.61. The first-order valence-corrected chi connectivity index (χ1v) is 8.46. The summed E-state index contributed by atoms with van der Waals surface area (Å²) in [5.74, 6) is 0. The molecule has 3 heteroatoms. The van der Waals surface area contributed by atoms with Gasteiger partial charge in [0.1, 0.15) is 0 Å². The Labute approximate surface area is 119 Å². The SMILES string of the molecule is CCC(CC)NCC(C)N1CCC(N2CCCC2)C1. The monoisotopic (exact) mass is 267 g/mol. The Bertz CT molecular complexity index is 246. The van der Waals surface area contributed by atoms with Gasteiger partial charge in [-0.2, -0.15) is 0 Å². The fourth-order valence-corrected chi connectivity index (χ4v) is 3.62. The lowest BCUT2D eigenvalue weighted by Gasteiger charge is -2.28. The van der Waals surface area contributed by atoms with Crippen molar-refractivity contribution >= 4 is 0 Å². The van der Waals surface area contributed by atoms with E-state index in [0.717, 1.165) is 12.6 Å². The summed E-state index contributed by atoms with van der Waals surface area (Å²) in [7, 11) is 0. The fourth-order valence-electron chi connectivity index (χ4n) is 3.62. The van der Waals surface area contributed by atoms with Gasteiger partial charge in [-0.25, -0.2) is 0 Å². The van der Waals surface area contributed by atoms with Gasteiger partial charge in [0.2, 0.25) is 0 Å². The molecule has 2 aliphatic rings. The van der Waals surface area contributed by atoms with Crippen LogP contribution in [0.3, 0.4) is 0 Å². The van der Waals surface area contributed by atoms with E-state index in [2.05, 4.69) is 35.9 Å². The van der Waals surface area contributed by atoms with Crippen LogP contribution in [0.4, 0.5) is 0 Å². The molecule has 2 rings (SSSR count). The predicted molar refractivity (Wildman–Crippen MR) is 82.6 cm³/mol. The Morgan fingerprint density at radius 3 is 2.42 bits per heavy atom. The maximum atomic E-state index is 3.72. The molecule has 2 fully saturated rings. The van der Waals surface area contributed by atoms with Crippen LogP contribution in [0.15, 0.2) is 0 Å². The van der Waals surface area contributed by atoms with Gasteiger partial charge < -0.3 is 5.32 Å². The highest BCUT2D eigenvalue weighted by Gasteiger charge is 2.31. The van der Waals surface area contributed by atoms with Crippen molar-refractivity contribution in [1.82, 2.24) is 15.1 Å². The van der Waals surface area contributed by atoms with Gasteiger partial charge in [0.25, 0.3) is 0 Å². The Morgan fingerprint density at radius 2 is 1.79 bits per heavy atom. The average molecular weight is 267 g/mol. The first-order chi connectivity index (χ1) is 9.24. The van der Waals surface area contributed by atoms with Gasteiger partial charge in [-0.05, 0) is 52.1 Å². The minimum absolute atomic E-state index is 0.688. The molecule has 0 aromatic carbocycles. The van der Waals surface area contributed by atoms with E-state index in [-0.39, 0.29) is 0 Å². The molecule has 2 unspecified atom stereocenters. The van der Waals surface area contributed by atoms with Gasteiger partial charge >= 0.3 is 0 Å². The minimum Gasteiger partial charge on any atom is -0.312 e. The van der Waals surface area contributed by atoms with Crippen molar-refractivity contribution < 1.29 is 0 Å². The number of hydrogen-bond donors (Lipinski definition) is 1. The normalized spacial score (nSPS) is 27.5. The molecule has 0 aliphatic carbocycles. The fraction of sp³-hybridized carbons (Fsp3) is 1.00. The summed E-state index contributed by atoms with van der Waals surface area (Å²) < 4.78 is 0. The number of likely N-dealkylation sites (tertiary alicyclic amines) is 2. The topological polar surface area (TPSA) is 18.5 Å². The lowest BCUT2D eigenvalue weighted by Crippen LogP contribution is -2.44. The second-order valence-corrected chi connectivity index (χ2v) is 6.45. The van der Waals surface area contributed by atoms with Crippen molar-refractivity contribution in [3.8, 4) is 0 Å². The summed E-state index contributed by atoms with van der Waals surface area (Å²) in [4.78, 5) is 5.42. The lowest BCUT2D eigenvalue weighted by atomic mass is 10.1. The molecular formula is C16H33N3. The average Bonchev–Trinajstić information content (AvgIpc) is 3.10. The Kier molecular flexibility index (Phi) is 6.11. The number of nitrogens with zero attached hydrogens (tertiary/aromatic N) is 2. The van der Waals surface area contributed by atoms with E-state index in [1.807, 2.05) is 0 Å². The zero-order chi connectivity index (χ0) is 13.7. The van der Waals surface area contributed by atoms with E-state index in [1.165, 1.54) is 58.3 Å². The summed E-state index contributed by atoms with van der Waals surface area (Å²) in [6, 6.07) is 2.24. The molecule has 0 bridgehead atoms. The van der Waals surface area contributed by atoms with Crippen molar-refractivity contribution in [2.24, 2.45) is 0 Å². The highest BCUT2D eigenvalue weighted by Crippen LogP contribution is 2.21. The molecule has 2 atom stereocenters. The van der Waals surface area contributed by atoms with E-state index < -0.39 is 0 Å². The Morgan fingerprint density at radius 1 is 1.11 bits per heavy atom. The van der Waals surface area contributed by atoms with Gasteiger partial charge in [-0.1, -0.05) is 13.8 Å². The molecule has 0 aromatic rings. The molecule has 19 heavy (non-hydrogen) atoms. The van der Waals surface area contributed by atoms with Gasteiger partial charge in [0.05, 0.1) is 0 Å². The van der Waals surface area contributed by atoms with E-state index in [0.29, 0.717) is 12.1 Å². The van der Waals surface area contributed by atoms with E-state index in [4.69, 9.17) is 0 Å². The molecule has 2 aliphatic heterocycles. The predicted octanol–water partition coefficient (Wildman–Crippen LogP) is 2.32. The first-order valence-electron chi connectivity index (χ1n) is 8.46. The highest BCUT2D eigenvalue weighted by atomic mass is 15.3. The summed E-state index contributed by atoms with van der Waals surface area (Å²) in [5.41, 5.74) is 0. The first kappa shape index (κ1) is 15.3. The van der Waals surface area contributed by atoms with Crippen LogP contribution in [0.1, 0.15) is 52.9 Å². The van der Waals surface area contributed by atoms with E-state index >= 15 is 0 Å². The van der Waals surface area contributed by atoms with Crippen LogP contribution in [-0.4, -0.2) is 60.6 Å². The third-order valence-electron chi connectivity index (χ3n) is 5.16.